The largest absolute Gasteiger partial charge is 0.444 e. The third-order valence-corrected chi connectivity index (χ3v) is 4.08. The second-order valence-corrected chi connectivity index (χ2v) is 5.52. The maximum atomic E-state index is 9.56. The Bertz CT molecular complexity index is 748. The molecule has 1 saturated carbocycles. The summed E-state index contributed by atoms with van der Waals surface area (Å²) >= 11 is 6.25. The molecule has 0 unspecified atom stereocenters. The van der Waals surface area contributed by atoms with Crippen LogP contribution in [0.2, 0.25) is 5.02 Å². The fourth-order valence-corrected chi connectivity index (χ4v) is 2.81. The summed E-state index contributed by atoms with van der Waals surface area (Å²) in [4.78, 5) is 0. The van der Waals surface area contributed by atoms with E-state index < -0.39 is 5.92 Å². The second kappa shape index (κ2) is 5.16. The molecule has 0 saturated heterocycles. The Balaban J connectivity index is 2.21. The highest BCUT2D eigenvalue weighted by Gasteiger charge is 2.40. The molecule has 104 valence electrons. The quantitative estimate of drug-likeness (QED) is 0.907. The van der Waals surface area contributed by atoms with Crippen molar-refractivity contribution >= 4 is 11.6 Å². The number of nitriles is 2. The van der Waals surface area contributed by atoms with E-state index >= 15 is 0 Å². The van der Waals surface area contributed by atoms with E-state index in [0.717, 1.165) is 12.8 Å². The van der Waals surface area contributed by atoms with E-state index in [1.807, 2.05) is 18.2 Å². The summed E-state index contributed by atoms with van der Waals surface area (Å²) < 4.78 is 5.56. The van der Waals surface area contributed by atoms with Gasteiger partial charge in [-0.25, -0.2) is 0 Å². The van der Waals surface area contributed by atoms with Crippen molar-refractivity contribution in [1.82, 2.24) is 0 Å². The van der Waals surface area contributed by atoms with Crippen LogP contribution in [-0.2, 0) is 4.74 Å². The van der Waals surface area contributed by atoms with E-state index in [9.17, 15) is 10.5 Å². The molecule has 0 amide bonds. The lowest BCUT2D eigenvalue weighted by Crippen LogP contribution is -2.21. The van der Waals surface area contributed by atoms with Gasteiger partial charge in [0.25, 0.3) is 0 Å². The molecule has 5 heteroatoms. The van der Waals surface area contributed by atoms with Crippen molar-refractivity contribution in [3.63, 3.8) is 0 Å². The third-order valence-electron chi connectivity index (χ3n) is 3.73. The molecule has 1 aromatic carbocycles. The van der Waals surface area contributed by atoms with Gasteiger partial charge in [-0.3, -0.25) is 0 Å². The number of ether oxygens (including phenoxy) is 1. The second-order valence-electron chi connectivity index (χ2n) is 5.11. The molecule has 0 radical (unpaired) electrons. The van der Waals surface area contributed by atoms with Gasteiger partial charge in [0.1, 0.15) is 17.4 Å². The van der Waals surface area contributed by atoms with Crippen LogP contribution in [0.15, 0.2) is 47.1 Å². The molecule has 2 aliphatic rings. The number of hydrogen-bond acceptors (Lipinski definition) is 4. The predicted octanol–water partition coefficient (Wildman–Crippen LogP) is 3.34. The Morgan fingerprint density at radius 3 is 2.38 bits per heavy atom. The van der Waals surface area contributed by atoms with Crippen molar-refractivity contribution in [2.75, 3.05) is 0 Å². The van der Waals surface area contributed by atoms with E-state index in [0.29, 0.717) is 21.9 Å². The van der Waals surface area contributed by atoms with E-state index in [1.165, 1.54) is 0 Å². The Morgan fingerprint density at radius 2 is 1.81 bits per heavy atom. The average Bonchev–Trinajstić information content (AvgIpc) is 3.31. The molecule has 1 atom stereocenters. The standard InChI is InChI=1S/C16H12ClN3O/c17-13-4-2-1-3-10(13)14-11(7-18)15(9-5-6-9)21-16(20)12(14)8-19/h1-4,9,14H,5-6,20H2/t14-/m1/s1. The maximum Gasteiger partial charge on any atom is 0.205 e. The van der Waals surface area contributed by atoms with Crippen molar-refractivity contribution in [2.45, 2.75) is 18.8 Å². The highest BCUT2D eigenvalue weighted by atomic mass is 35.5. The summed E-state index contributed by atoms with van der Waals surface area (Å²) in [5.41, 5.74) is 7.27. The van der Waals surface area contributed by atoms with Crippen LogP contribution in [-0.4, -0.2) is 0 Å². The van der Waals surface area contributed by atoms with E-state index in [-0.39, 0.29) is 17.4 Å². The van der Waals surface area contributed by atoms with Gasteiger partial charge in [0.2, 0.25) is 5.88 Å². The van der Waals surface area contributed by atoms with Crippen LogP contribution in [0.4, 0.5) is 0 Å². The van der Waals surface area contributed by atoms with E-state index in [2.05, 4.69) is 12.1 Å². The minimum Gasteiger partial charge on any atom is -0.444 e. The highest BCUT2D eigenvalue weighted by Crippen LogP contribution is 2.48. The molecule has 1 aliphatic heterocycles. The monoisotopic (exact) mass is 297 g/mol. The third kappa shape index (κ3) is 2.24. The van der Waals surface area contributed by atoms with Crippen molar-refractivity contribution in [1.29, 1.82) is 10.5 Å². The Hall–Kier alpha value is -2.43. The minimum absolute atomic E-state index is 0.0725. The first-order valence-electron chi connectivity index (χ1n) is 6.63. The molecule has 21 heavy (non-hydrogen) atoms. The van der Waals surface area contributed by atoms with Gasteiger partial charge in [-0.2, -0.15) is 10.5 Å². The van der Waals surface area contributed by atoms with E-state index in [1.54, 1.807) is 6.07 Å². The smallest absolute Gasteiger partial charge is 0.205 e. The maximum absolute atomic E-state index is 9.56. The summed E-state index contributed by atoms with van der Waals surface area (Å²) in [6, 6.07) is 11.4. The fourth-order valence-electron chi connectivity index (χ4n) is 2.57. The zero-order chi connectivity index (χ0) is 15.0. The van der Waals surface area contributed by atoms with Crippen LogP contribution in [0.3, 0.4) is 0 Å². The first-order chi connectivity index (χ1) is 10.2. The molecule has 3 rings (SSSR count). The van der Waals surface area contributed by atoms with Gasteiger partial charge in [-0.05, 0) is 24.5 Å². The molecule has 0 bridgehead atoms. The van der Waals surface area contributed by atoms with Gasteiger partial charge < -0.3 is 10.5 Å². The zero-order valence-electron chi connectivity index (χ0n) is 11.1. The number of halogens is 1. The van der Waals surface area contributed by atoms with Gasteiger partial charge in [-0.1, -0.05) is 29.8 Å². The molecule has 2 N–H and O–H groups in total. The molecule has 1 heterocycles. The van der Waals surface area contributed by atoms with Crippen LogP contribution in [0.1, 0.15) is 24.3 Å². The normalized spacial score (nSPS) is 21.6. The first kappa shape index (κ1) is 13.5. The highest BCUT2D eigenvalue weighted by molar-refractivity contribution is 6.31. The van der Waals surface area contributed by atoms with Crippen LogP contribution < -0.4 is 5.73 Å². The molecule has 4 nitrogen and oxygen atoms in total. The van der Waals surface area contributed by atoms with Crippen molar-refractivity contribution in [3.05, 3.63) is 57.6 Å². The van der Waals surface area contributed by atoms with Gasteiger partial charge in [0.15, 0.2) is 0 Å². The van der Waals surface area contributed by atoms with Crippen molar-refractivity contribution in [3.8, 4) is 12.1 Å². The minimum atomic E-state index is -0.543. The van der Waals surface area contributed by atoms with Gasteiger partial charge >= 0.3 is 0 Å². The van der Waals surface area contributed by atoms with Crippen molar-refractivity contribution in [2.24, 2.45) is 11.7 Å². The Morgan fingerprint density at radius 1 is 1.14 bits per heavy atom. The lowest BCUT2D eigenvalue weighted by atomic mass is 9.83. The number of nitrogens with two attached hydrogens (primary N) is 1. The molecule has 0 aromatic heterocycles. The van der Waals surface area contributed by atoms with Crippen LogP contribution in [0.25, 0.3) is 0 Å². The fraction of sp³-hybridized carbons (Fsp3) is 0.250. The number of rotatable bonds is 2. The SMILES string of the molecule is N#CC1=C(N)OC(C2CC2)=C(C#N)[C@H]1c1ccccc1Cl. The summed E-state index contributed by atoms with van der Waals surface area (Å²) in [6.07, 6.45) is 1.95. The number of benzene rings is 1. The predicted molar refractivity (Wildman–Crippen MR) is 77.5 cm³/mol. The molecule has 1 aromatic rings. The first-order valence-corrected chi connectivity index (χ1v) is 7.01. The van der Waals surface area contributed by atoms with Gasteiger partial charge in [0, 0.05) is 10.9 Å². The summed E-state index contributed by atoms with van der Waals surface area (Å²) in [5, 5.41) is 19.5. The average molecular weight is 298 g/mol. The van der Waals surface area contributed by atoms with Crippen LogP contribution >= 0.6 is 11.6 Å². The lowest BCUT2D eigenvalue weighted by molar-refractivity contribution is 0.260. The summed E-state index contributed by atoms with van der Waals surface area (Å²) in [5.74, 6) is 0.351. The molecular weight excluding hydrogens is 286 g/mol. The zero-order valence-corrected chi connectivity index (χ0v) is 11.9. The molecule has 1 fully saturated rings. The summed E-state index contributed by atoms with van der Waals surface area (Å²) in [7, 11) is 0. The Labute approximate surface area is 127 Å². The topological polar surface area (TPSA) is 82.8 Å². The summed E-state index contributed by atoms with van der Waals surface area (Å²) in [6.45, 7) is 0. The van der Waals surface area contributed by atoms with Crippen LogP contribution in [0.5, 0.6) is 0 Å². The molecule has 1 aliphatic carbocycles. The van der Waals surface area contributed by atoms with Gasteiger partial charge in [0.05, 0.1) is 17.6 Å². The number of allylic oxidation sites excluding steroid dienone is 3. The van der Waals surface area contributed by atoms with E-state index in [4.69, 9.17) is 22.1 Å². The Kier molecular flexibility index (Phi) is 3.33. The number of hydrogen-bond donors (Lipinski definition) is 1. The van der Waals surface area contributed by atoms with Gasteiger partial charge in [-0.15, -0.1) is 0 Å². The van der Waals surface area contributed by atoms with Crippen molar-refractivity contribution < 1.29 is 4.74 Å². The molecule has 0 spiro atoms. The van der Waals surface area contributed by atoms with Crippen LogP contribution in [0, 0.1) is 28.6 Å². The molecular formula is C16H12ClN3O. The number of nitrogens with zero attached hydrogens (tertiary/aromatic N) is 2. The lowest BCUT2D eigenvalue weighted by Gasteiger charge is -2.26.